The Labute approximate surface area is 170 Å². The number of hydrogen-bond acceptors (Lipinski definition) is 7. The van der Waals surface area contributed by atoms with Crippen molar-refractivity contribution in [2.45, 2.75) is 44.2 Å². The van der Waals surface area contributed by atoms with E-state index in [1.807, 2.05) is 11.9 Å². The van der Waals surface area contributed by atoms with Crippen molar-refractivity contribution in [2.24, 2.45) is 0 Å². The second-order valence-corrected chi connectivity index (χ2v) is 8.11. The number of piperazine rings is 1. The molecule has 1 aromatic carbocycles. The average molecular weight is 404 g/mol. The molecule has 0 radical (unpaired) electrons. The van der Waals surface area contributed by atoms with Gasteiger partial charge in [0.1, 0.15) is 6.04 Å². The van der Waals surface area contributed by atoms with Crippen molar-refractivity contribution < 1.29 is 19.2 Å². The second kappa shape index (κ2) is 8.54. The first kappa shape index (κ1) is 19.9. The monoisotopic (exact) mass is 404 g/mol. The molecule has 1 N–H and O–H groups in total. The van der Waals surface area contributed by atoms with Gasteiger partial charge in [-0.2, -0.15) is 0 Å². The van der Waals surface area contributed by atoms with Crippen molar-refractivity contribution in [3.8, 4) is 11.5 Å². The summed E-state index contributed by atoms with van der Waals surface area (Å²) in [5.74, 6) is 0.642. The number of hydrogen-bond donors (Lipinski definition) is 1. The maximum atomic E-state index is 13.4. The SMILES string of the molecule is CN1CCN([C@H](C(=O)NC2CCCCC2)c2cc3c(cc2[N+](=O)[O-])OCO3)CC1. The van der Waals surface area contributed by atoms with Crippen LogP contribution in [-0.4, -0.2) is 66.7 Å². The molecule has 4 rings (SSSR count). The molecule has 1 atom stereocenters. The van der Waals surface area contributed by atoms with Crippen LogP contribution >= 0.6 is 0 Å². The largest absolute Gasteiger partial charge is 0.454 e. The summed E-state index contributed by atoms with van der Waals surface area (Å²) in [6, 6.07) is 2.42. The number of nitro benzene ring substituents is 1. The van der Waals surface area contributed by atoms with Crippen molar-refractivity contribution in [3.63, 3.8) is 0 Å². The van der Waals surface area contributed by atoms with Crippen LogP contribution in [0.4, 0.5) is 5.69 Å². The summed E-state index contributed by atoms with van der Waals surface area (Å²) in [4.78, 5) is 29.0. The fourth-order valence-electron chi connectivity index (χ4n) is 4.44. The van der Waals surface area contributed by atoms with E-state index in [0.717, 1.165) is 38.8 Å². The molecular weight excluding hydrogens is 376 g/mol. The lowest BCUT2D eigenvalue weighted by Gasteiger charge is -2.38. The molecule has 3 aliphatic rings. The Bertz CT molecular complexity index is 772. The van der Waals surface area contributed by atoms with Crippen molar-refractivity contribution in [1.29, 1.82) is 0 Å². The molecule has 1 saturated carbocycles. The van der Waals surface area contributed by atoms with E-state index in [-0.39, 0.29) is 24.4 Å². The lowest BCUT2D eigenvalue weighted by Crippen LogP contribution is -2.51. The number of amides is 1. The van der Waals surface area contributed by atoms with E-state index < -0.39 is 11.0 Å². The Hall–Kier alpha value is -2.39. The number of carbonyl (C=O) groups is 1. The standard InChI is InChI=1S/C20H28N4O5/c1-22-7-9-23(10-8-22)19(20(25)21-14-5-3-2-4-6-14)15-11-17-18(29-13-28-17)12-16(15)24(26)27/h11-12,14,19H,2-10,13H2,1H3,(H,21,25)/t19-/m0/s1. The Morgan fingerprint density at radius 2 is 1.79 bits per heavy atom. The van der Waals surface area contributed by atoms with Gasteiger partial charge in [-0.15, -0.1) is 0 Å². The van der Waals surface area contributed by atoms with Gasteiger partial charge in [-0.1, -0.05) is 19.3 Å². The second-order valence-electron chi connectivity index (χ2n) is 8.11. The zero-order valence-electron chi connectivity index (χ0n) is 16.8. The van der Waals surface area contributed by atoms with Crippen LogP contribution in [-0.2, 0) is 4.79 Å². The van der Waals surface area contributed by atoms with Crippen LogP contribution in [0.1, 0.15) is 43.7 Å². The van der Waals surface area contributed by atoms with E-state index in [9.17, 15) is 14.9 Å². The maximum absolute atomic E-state index is 13.4. The lowest BCUT2D eigenvalue weighted by molar-refractivity contribution is -0.386. The molecule has 1 saturated heterocycles. The molecule has 29 heavy (non-hydrogen) atoms. The molecule has 1 aromatic rings. The van der Waals surface area contributed by atoms with Crippen LogP contribution in [0.3, 0.4) is 0 Å². The van der Waals surface area contributed by atoms with Gasteiger partial charge in [0, 0.05) is 32.2 Å². The summed E-state index contributed by atoms with van der Waals surface area (Å²) in [6.07, 6.45) is 5.33. The van der Waals surface area contributed by atoms with E-state index in [2.05, 4.69) is 10.2 Å². The first-order valence-corrected chi connectivity index (χ1v) is 10.3. The number of nitrogens with one attached hydrogen (secondary N) is 1. The predicted octanol–water partition coefficient (Wildman–Crippen LogP) is 2.06. The number of carbonyl (C=O) groups excluding carboxylic acids is 1. The van der Waals surface area contributed by atoms with Crippen LogP contribution in [0.2, 0.25) is 0 Å². The topological polar surface area (TPSA) is 97.2 Å². The van der Waals surface area contributed by atoms with Crippen molar-refractivity contribution in [2.75, 3.05) is 40.0 Å². The van der Waals surface area contributed by atoms with E-state index in [0.29, 0.717) is 30.2 Å². The summed E-state index contributed by atoms with van der Waals surface area (Å²) in [5.41, 5.74) is 0.272. The quantitative estimate of drug-likeness (QED) is 0.593. The van der Waals surface area contributed by atoms with Crippen LogP contribution < -0.4 is 14.8 Å². The normalized spacial score (nSPS) is 21.7. The number of nitro groups is 1. The highest BCUT2D eigenvalue weighted by Crippen LogP contribution is 2.42. The van der Waals surface area contributed by atoms with Gasteiger partial charge in [-0.25, -0.2) is 0 Å². The highest BCUT2D eigenvalue weighted by Gasteiger charge is 2.37. The highest BCUT2D eigenvalue weighted by molar-refractivity contribution is 5.85. The zero-order valence-corrected chi connectivity index (χ0v) is 16.8. The molecule has 9 heteroatoms. The average Bonchev–Trinajstić information content (AvgIpc) is 3.17. The van der Waals surface area contributed by atoms with Crippen LogP contribution in [0.5, 0.6) is 11.5 Å². The maximum Gasteiger partial charge on any atom is 0.278 e. The van der Waals surface area contributed by atoms with E-state index in [1.54, 1.807) is 6.07 Å². The van der Waals surface area contributed by atoms with E-state index in [4.69, 9.17) is 9.47 Å². The molecule has 0 unspecified atom stereocenters. The fourth-order valence-corrected chi connectivity index (χ4v) is 4.44. The minimum Gasteiger partial charge on any atom is -0.454 e. The number of ether oxygens (including phenoxy) is 2. The predicted molar refractivity (Wildman–Crippen MR) is 106 cm³/mol. The van der Waals surface area contributed by atoms with Gasteiger partial charge in [0.05, 0.1) is 16.6 Å². The Kier molecular flexibility index (Phi) is 5.86. The van der Waals surface area contributed by atoms with Crippen molar-refractivity contribution in [3.05, 3.63) is 27.8 Å². The van der Waals surface area contributed by atoms with Gasteiger partial charge in [-0.3, -0.25) is 19.8 Å². The van der Waals surface area contributed by atoms with Gasteiger partial charge in [0.2, 0.25) is 12.7 Å². The lowest BCUT2D eigenvalue weighted by atomic mass is 9.94. The number of rotatable bonds is 5. The van der Waals surface area contributed by atoms with E-state index in [1.165, 1.54) is 12.5 Å². The summed E-state index contributed by atoms with van der Waals surface area (Å²) in [5, 5.41) is 15.0. The Balaban J connectivity index is 1.68. The van der Waals surface area contributed by atoms with Crippen LogP contribution in [0, 0.1) is 10.1 Å². The summed E-state index contributed by atoms with van der Waals surface area (Å²) in [7, 11) is 2.04. The number of nitrogens with zero attached hydrogens (tertiary/aromatic N) is 3. The van der Waals surface area contributed by atoms with Gasteiger partial charge >= 0.3 is 0 Å². The number of benzene rings is 1. The summed E-state index contributed by atoms with van der Waals surface area (Å²) >= 11 is 0. The molecule has 158 valence electrons. The van der Waals surface area contributed by atoms with Crippen LogP contribution in [0.15, 0.2) is 12.1 Å². The third-order valence-electron chi connectivity index (χ3n) is 6.12. The number of fused-ring (bicyclic) bond motifs is 1. The summed E-state index contributed by atoms with van der Waals surface area (Å²) in [6.45, 7) is 3.00. The van der Waals surface area contributed by atoms with Crippen molar-refractivity contribution in [1.82, 2.24) is 15.1 Å². The van der Waals surface area contributed by atoms with Gasteiger partial charge < -0.3 is 19.7 Å². The Morgan fingerprint density at radius 1 is 1.14 bits per heavy atom. The van der Waals surface area contributed by atoms with Crippen molar-refractivity contribution >= 4 is 11.6 Å². The molecule has 1 amide bonds. The molecular formula is C20H28N4O5. The third-order valence-corrected chi connectivity index (χ3v) is 6.12. The van der Waals surface area contributed by atoms with E-state index >= 15 is 0 Å². The first-order chi connectivity index (χ1) is 14.0. The smallest absolute Gasteiger partial charge is 0.278 e. The van der Waals surface area contributed by atoms with Crippen LogP contribution in [0.25, 0.3) is 0 Å². The molecule has 9 nitrogen and oxygen atoms in total. The first-order valence-electron chi connectivity index (χ1n) is 10.3. The fraction of sp³-hybridized carbons (Fsp3) is 0.650. The third kappa shape index (κ3) is 4.30. The minimum atomic E-state index is -0.722. The van der Waals surface area contributed by atoms with Gasteiger partial charge in [0.15, 0.2) is 11.5 Å². The molecule has 0 spiro atoms. The molecule has 2 fully saturated rings. The molecule has 0 bridgehead atoms. The number of likely N-dealkylation sites (N-methyl/N-ethyl adjacent to an activating group) is 1. The Morgan fingerprint density at radius 3 is 2.45 bits per heavy atom. The molecule has 1 aliphatic carbocycles. The van der Waals surface area contributed by atoms with Gasteiger partial charge in [0.25, 0.3) is 5.69 Å². The summed E-state index contributed by atoms with van der Waals surface area (Å²) < 4.78 is 10.8. The molecule has 2 aliphatic heterocycles. The molecule has 2 heterocycles. The van der Waals surface area contributed by atoms with Gasteiger partial charge in [-0.05, 0) is 26.0 Å². The highest BCUT2D eigenvalue weighted by atomic mass is 16.7. The minimum absolute atomic E-state index is 0.0311. The molecule has 0 aromatic heterocycles. The zero-order chi connectivity index (χ0) is 20.4.